The Labute approximate surface area is 135 Å². The topological polar surface area (TPSA) is 72.2 Å². The van der Waals surface area contributed by atoms with E-state index >= 15 is 0 Å². The van der Waals surface area contributed by atoms with Crippen LogP contribution in [0.2, 0.25) is 0 Å². The molecule has 0 aromatic carbocycles. The predicted molar refractivity (Wildman–Crippen MR) is 73.4 cm³/mol. The molecule has 0 saturated carbocycles. The fraction of sp³-hybridized carbons (Fsp3) is 0.769. The number of fused-ring (bicyclic) bond motifs is 1. The molecular weight excluding hydrogens is 359 g/mol. The minimum atomic E-state index is -4.42. The zero-order chi connectivity index (χ0) is 18.5. The monoisotopic (exact) mass is 376 g/mol. The van der Waals surface area contributed by atoms with Gasteiger partial charge < -0.3 is 5.11 Å². The second kappa shape index (κ2) is 5.94. The molecule has 0 bridgehead atoms. The SMILES string of the molecule is CC(CCn1nc(S(C)(=O)=O)c2c1CCC(F)(F)[C@H]2O)C(F)(F)F. The molecule has 11 heteroatoms. The highest BCUT2D eigenvalue weighted by Crippen LogP contribution is 2.44. The molecule has 0 saturated heterocycles. The Morgan fingerprint density at radius 2 is 2.00 bits per heavy atom. The van der Waals surface area contributed by atoms with Gasteiger partial charge in [0, 0.05) is 30.5 Å². The average Bonchev–Trinajstić information content (AvgIpc) is 2.78. The Balaban J connectivity index is 2.42. The van der Waals surface area contributed by atoms with Crippen molar-refractivity contribution in [3.05, 3.63) is 11.3 Å². The van der Waals surface area contributed by atoms with Crippen molar-refractivity contribution < 1.29 is 35.5 Å². The van der Waals surface area contributed by atoms with Gasteiger partial charge in [-0.1, -0.05) is 6.92 Å². The number of sulfone groups is 1. The lowest BCUT2D eigenvalue weighted by atomic mass is 9.91. The lowest BCUT2D eigenvalue weighted by Gasteiger charge is -2.28. The predicted octanol–water partition coefficient (Wildman–Crippen LogP) is 2.49. The van der Waals surface area contributed by atoms with Crippen LogP contribution >= 0.6 is 0 Å². The highest BCUT2D eigenvalue weighted by molar-refractivity contribution is 7.90. The Bertz CT molecular complexity index is 727. The quantitative estimate of drug-likeness (QED) is 0.820. The molecule has 1 unspecified atom stereocenters. The number of alkyl halides is 5. The van der Waals surface area contributed by atoms with Crippen LogP contribution in [0.1, 0.15) is 37.1 Å². The van der Waals surface area contributed by atoms with Crippen molar-refractivity contribution in [3.63, 3.8) is 0 Å². The van der Waals surface area contributed by atoms with Gasteiger partial charge in [0.05, 0.1) is 5.92 Å². The summed E-state index contributed by atoms with van der Waals surface area (Å²) in [7, 11) is -4.02. The van der Waals surface area contributed by atoms with Gasteiger partial charge in [0.2, 0.25) is 0 Å². The maximum absolute atomic E-state index is 13.7. The Hall–Kier alpha value is -1.23. The molecule has 138 valence electrons. The number of aliphatic hydroxyl groups is 1. The third kappa shape index (κ3) is 3.56. The van der Waals surface area contributed by atoms with E-state index in [-0.39, 0.29) is 25.1 Å². The van der Waals surface area contributed by atoms with E-state index in [0.29, 0.717) is 0 Å². The van der Waals surface area contributed by atoms with Gasteiger partial charge in [-0.05, 0) is 12.8 Å². The normalized spacial score (nSPS) is 22.2. The lowest BCUT2D eigenvalue weighted by molar-refractivity contribution is -0.171. The number of halogens is 5. The molecule has 2 rings (SSSR count). The van der Waals surface area contributed by atoms with Gasteiger partial charge in [-0.25, -0.2) is 17.2 Å². The van der Waals surface area contributed by atoms with Crippen molar-refractivity contribution in [2.24, 2.45) is 5.92 Å². The third-order valence-electron chi connectivity index (χ3n) is 4.12. The number of nitrogens with zero attached hydrogens (tertiary/aromatic N) is 2. The van der Waals surface area contributed by atoms with Crippen LogP contribution in [-0.4, -0.2) is 41.7 Å². The number of aromatic nitrogens is 2. The number of aliphatic hydroxyl groups excluding tert-OH is 1. The first kappa shape index (κ1) is 19.1. The summed E-state index contributed by atoms with van der Waals surface area (Å²) in [5.41, 5.74) is -0.461. The van der Waals surface area contributed by atoms with Gasteiger partial charge in [0.1, 0.15) is 6.10 Å². The molecule has 2 atom stereocenters. The zero-order valence-corrected chi connectivity index (χ0v) is 13.8. The van der Waals surface area contributed by atoms with Crippen LogP contribution in [0.25, 0.3) is 0 Å². The van der Waals surface area contributed by atoms with Crippen molar-refractivity contribution >= 4 is 9.84 Å². The molecule has 0 aliphatic heterocycles. The molecule has 1 N–H and O–H groups in total. The van der Waals surface area contributed by atoms with Gasteiger partial charge in [-0.15, -0.1) is 0 Å². The summed E-state index contributed by atoms with van der Waals surface area (Å²) in [5.74, 6) is -5.17. The van der Waals surface area contributed by atoms with E-state index < -0.39 is 51.0 Å². The first-order chi connectivity index (χ1) is 10.7. The van der Waals surface area contributed by atoms with E-state index in [2.05, 4.69) is 5.10 Å². The fourth-order valence-electron chi connectivity index (χ4n) is 2.60. The van der Waals surface area contributed by atoms with Crippen LogP contribution in [0.5, 0.6) is 0 Å². The lowest BCUT2D eigenvalue weighted by Crippen LogP contribution is -2.33. The highest BCUT2D eigenvalue weighted by atomic mass is 32.2. The van der Waals surface area contributed by atoms with Crippen LogP contribution in [0, 0.1) is 5.92 Å². The van der Waals surface area contributed by atoms with E-state index in [1.54, 1.807) is 0 Å². The molecule has 1 aromatic heterocycles. The standard InChI is InChI=1S/C13H17F5N2O3S/c1-7(13(16,17)18)4-6-20-8-3-5-12(14,15)10(21)9(8)11(19-20)24(2,22)23/h7,10,21H,3-6H2,1-2H3/t7?,10-/m0/s1. The number of rotatable bonds is 4. The van der Waals surface area contributed by atoms with Crippen molar-refractivity contribution in [1.82, 2.24) is 9.78 Å². The minimum absolute atomic E-state index is 0.0447. The van der Waals surface area contributed by atoms with Gasteiger partial charge in [-0.3, -0.25) is 4.68 Å². The van der Waals surface area contributed by atoms with Crippen molar-refractivity contribution in [1.29, 1.82) is 0 Å². The van der Waals surface area contributed by atoms with Crippen LogP contribution in [-0.2, 0) is 22.8 Å². The van der Waals surface area contributed by atoms with E-state index in [1.807, 2.05) is 0 Å². The molecule has 24 heavy (non-hydrogen) atoms. The average molecular weight is 376 g/mol. The Morgan fingerprint density at radius 1 is 1.42 bits per heavy atom. The van der Waals surface area contributed by atoms with Crippen LogP contribution in [0.15, 0.2) is 5.03 Å². The molecule has 5 nitrogen and oxygen atoms in total. The van der Waals surface area contributed by atoms with Crippen molar-refractivity contribution in [3.8, 4) is 0 Å². The first-order valence-electron chi connectivity index (χ1n) is 7.17. The molecule has 0 fully saturated rings. The van der Waals surface area contributed by atoms with Crippen molar-refractivity contribution in [2.45, 2.75) is 56.0 Å². The molecule has 1 heterocycles. The van der Waals surface area contributed by atoms with Crippen LogP contribution in [0.3, 0.4) is 0 Å². The largest absolute Gasteiger partial charge is 0.391 e. The Kier molecular flexibility index (Phi) is 4.73. The second-order valence-corrected chi connectivity index (χ2v) is 7.99. The summed E-state index contributed by atoms with van der Waals surface area (Å²) in [6.07, 6.45) is -7.41. The molecule has 0 spiro atoms. The Morgan fingerprint density at radius 3 is 2.50 bits per heavy atom. The summed E-state index contributed by atoms with van der Waals surface area (Å²) in [5, 5.41) is 12.8. The second-order valence-electron chi connectivity index (χ2n) is 6.06. The van der Waals surface area contributed by atoms with Gasteiger partial charge in [0.25, 0.3) is 5.92 Å². The summed E-state index contributed by atoms with van der Waals surface area (Å²) in [4.78, 5) is 0. The smallest absolute Gasteiger partial charge is 0.382 e. The summed E-state index contributed by atoms with van der Waals surface area (Å²) in [6, 6.07) is 0. The number of aryl methyl sites for hydroxylation is 1. The van der Waals surface area contributed by atoms with E-state index in [4.69, 9.17) is 0 Å². The van der Waals surface area contributed by atoms with E-state index in [1.165, 1.54) is 0 Å². The number of hydrogen-bond donors (Lipinski definition) is 1. The molecule has 1 aliphatic rings. The fourth-order valence-corrected chi connectivity index (χ4v) is 3.47. The van der Waals surface area contributed by atoms with Crippen LogP contribution in [0.4, 0.5) is 22.0 Å². The third-order valence-corrected chi connectivity index (χ3v) is 5.12. The van der Waals surface area contributed by atoms with Gasteiger partial charge in [0.15, 0.2) is 14.9 Å². The maximum Gasteiger partial charge on any atom is 0.391 e. The van der Waals surface area contributed by atoms with Gasteiger partial charge in [-0.2, -0.15) is 18.3 Å². The molecule has 0 radical (unpaired) electrons. The van der Waals surface area contributed by atoms with Gasteiger partial charge >= 0.3 is 6.18 Å². The van der Waals surface area contributed by atoms with Crippen LogP contribution < -0.4 is 0 Å². The maximum atomic E-state index is 13.7. The van der Waals surface area contributed by atoms with E-state index in [9.17, 15) is 35.5 Å². The number of hydrogen-bond acceptors (Lipinski definition) is 4. The summed E-state index contributed by atoms with van der Waals surface area (Å²) in [6.45, 7) is 0.688. The first-order valence-corrected chi connectivity index (χ1v) is 9.06. The molecule has 1 aromatic rings. The summed E-state index contributed by atoms with van der Waals surface area (Å²) >= 11 is 0. The van der Waals surface area contributed by atoms with Crippen molar-refractivity contribution in [2.75, 3.05) is 6.26 Å². The minimum Gasteiger partial charge on any atom is -0.382 e. The molecular formula is C13H17F5N2O3S. The summed E-state index contributed by atoms with van der Waals surface area (Å²) < 4.78 is 89.7. The molecule has 0 amide bonds. The highest BCUT2D eigenvalue weighted by Gasteiger charge is 2.48. The zero-order valence-electron chi connectivity index (χ0n) is 12.9. The van der Waals surface area contributed by atoms with E-state index in [0.717, 1.165) is 17.9 Å². The molecule has 1 aliphatic carbocycles.